The predicted octanol–water partition coefficient (Wildman–Crippen LogP) is -3.56. The maximum Gasteiger partial charge on any atom is 1.00 e. The normalized spacial score (nSPS) is 25.3. The van der Waals surface area contributed by atoms with Crippen molar-refractivity contribution in [2.24, 2.45) is 11.8 Å². The standard InChI is InChI=1S/C16H19N3O5S.Na/c1-7-9(6-25-10-4-5-17-16(18-10)24-3)13(15(22)23)19-12(7)11(8(2)20)14(19)21;/h4-5,7-8,11-12,20H,6H2,1-3H3,(H,22,23);/q;+1/p-1/t7-,8+,11?,12?;/m0./s1. The fourth-order valence-electron chi connectivity index (χ4n) is 3.48. The molecule has 8 nitrogen and oxygen atoms in total. The number of thioether (sulfide) groups is 1. The molecule has 10 heteroatoms. The quantitative estimate of drug-likeness (QED) is 0.231. The van der Waals surface area contributed by atoms with E-state index < -0.39 is 18.0 Å². The molecule has 2 aliphatic rings. The first-order valence-corrected chi connectivity index (χ1v) is 8.80. The number of β-lactam (4-membered cyclic amide) rings is 1. The number of aromatic nitrogens is 2. The van der Waals surface area contributed by atoms with Crippen molar-refractivity contribution in [1.82, 2.24) is 14.9 Å². The number of hydrogen-bond donors (Lipinski definition) is 1. The van der Waals surface area contributed by atoms with Crippen molar-refractivity contribution < 1.29 is 54.1 Å². The predicted molar refractivity (Wildman–Crippen MR) is 86.3 cm³/mol. The Morgan fingerprint density at radius 2 is 2.23 bits per heavy atom. The molecule has 2 aliphatic heterocycles. The summed E-state index contributed by atoms with van der Waals surface area (Å²) < 4.78 is 4.97. The molecule has 1 saturated heterocycles. The molecule has 2 unspecified atom stereocenters. The topological polar surface area (TPSA) is 116 Å². The Balaban J connectivity index is 0.00000243. The molecule has 4 atom stereocenters. The van der Waals surface area contributed by atoms with Crippen molar-refractivity contribution in [2.45, 2.75) is 31.0 Å². The molecule has 1 aromatic heterocycles. The molecule has 1 aromatic rings. The van der Waals surface area contributed by atoms with Crippen molar-refractivity contribution >= 4 is 23.6 Å². The Labute approximate surface area is 177 Å². The molecule has 3 heterocycles. The average molecular weight is 387 g/mol. The van der Waals surface area contributed by atoms with Gasteiger partial charge in [0.25, 0.3) is 0 Å². The number of nitrogens with zero attached hydrogens (tertiary/aromatic N) is 3. The number of carboxylic acid groups (broad SMARTS) is 1. The number of methoxy groups -OCH3 is 1. The summed E-state index contributed by atoms with van der Waals surface area (Å²) in [6, 6.07) is 1.59. The van der Waals surface area contributed by atoms with Crippen LogP contribution in [0.5, 0.6) is 6.01 Å². The third-order valence-electron chi connectivity index (χ3n) is 4.67. The number of rotatable bonds is 6. The second-order valence-corrected chi connectivity index (χ2v) is 7.08. The van der Waals surface area contributed by atoms with Crippen LogP contribution in [0.1, 0.15) is 13.8 Å². The van der Waals surface area contributed by atoms with Gasteiger partial charge in [0.2, 0.25) is 5.91 Å². The maximum atomic E-state index is 12.2. The van der Waals surface area contributed by atoms with Crippen LogP contribution >= 0.6 is 11.8 Å². The van der Waals surface area contributed by atoms with Gasteiger partial charge in [-0.3, -0.25) is 4.79 Å². The van der Waals surface area contributed by atoms with Gasteiger partial charge in [0.15, 0.2) is 0 Å². The molecule has 1 fully saturated rings. The van der Waals surface area contributed by atoms with Crippen LogP contribution in [-0.4, -0.2) is 56.9 Å². The fourth-order valence-corrected chi connectivity index (χ4v) is 4.48. The SMILES string of the molecule is COc1nccc(SCC2=C(C(=O)[O-])N3C(=O)C([C@@H](C)O)C3[C@H]2C)n1.[Na+]. The summed E-state index contributed by atoms with van der Waals surface area (Å²) in [5.74, 6) is -2.15. The monoisotopic (exact) mass is 387 g/mol. The zero-order valence-electron chi connectivity index (χ0n) is 15.0. The number of amides is 1. The first kappa shape index (κ1) is 21.2. The zero-order valence-corrected chi connectivity index (χ0v) is 17.8. The third-order valence-corrected chi connectivity index (χ3v) is 5.65. The minimum absolute atomic E-state index is 0. The van der Waals surface area contributed by atoms with Gasteiger partial charge in [-0.15, -0.1) is 11.8 Å². The van der Waals surface area contributed by atoms with Crippen molar-refractivity contribution in [3.8, 4) is 6.01 Å². The first-order chi connectivity index (χ1) is 11.9. The Hall–Kier alpha value is -1.13. The number of hydrogen-bond acceptors (Lipinski definition) is 8. The van der Waals surface area contributed by atoms with E-state index in [1.807, 2.05) is 6.92 Å². The number of carbonyl (C=O) groups excluding carboxylic acids is 2. The van der Waals surface area contributed by atoms with Crippen LogP contribution in [0.2, 0.25) is 0 Å². The number of carboxylic acids is 1. The molecule has 134 valence electrons. The number of carbonyl (C=O) groups is 2. The second kappa shape index (κ2) is 8.26. The molecule has 0 aromatic carbocycles. The summed E-state index contributed by atoms with van der Waals surface area (Å²) in [5.41, 5.74) is 0.539. The molecular weight excluding hydrogens is 369 g/mol. The molecule has 0 radical (unpaired) electrons. The van der Waals surface area contributed by atoms with E-state index in [-0.39, 0.29) is 59.1 Å². The van der Waals surface area contributed by atoms with Crippen molar-refractivity contribution in [3.05, 3.63) is 23.5 Å². The summed E-state index contributed by atoms with van der Waals surface area (Å²) >= 11 is 1.33. The smallest absolute Gasteiger partial charge is 0.543 e. The molecule has 0 spiro atoms. The molecule has 26 heavy (non-hydrogen) atoms. The minimum atomic E-state index is -1.37. The van der Waals surface area contributed by atoms with E-state index in [1.165, 1.54) is 23.8 Å². The van der Waals surface area contributed by atoms with Gasteiger partial charge in [0.1, 0.15) is 5.03 Å². The zero-order chi connectivity index (χ0) is 18.3. The Kier molecular flexibility index (Phi) is 6.73. The fraction of sp³-hybridized carbons (Fsp3) is 0.500. The molecule has 0 bridgehead atoms. The Bertz CT molecular complexity index is 757. The number of aliphatic hydroxyl groups is 1. The van der Waals surface area contributed by atoms with E-state index in [9.17, 15) is 19.8 Å². The van der Waals surface area contributed by atoms with E-state index >= 15 is 0 Å². The molecule has 1 amide bonds. The van der Waals surface area contributed by atoms with E-state index in [0.717, 1.165) is 0 Å². The molecule has 0 saturated carbocycles. The van der Waals surface area contributed by atoms with Crippen LogP contribution in [0, 0.1) is 11.8 Å². The van der Waals surface area contributed by atoms with E-state index in [2.05, 4.69) is 9.97 Å². The van der Waals surface area contributed by atoms with Crippen LogP contribution in [0.4, 0.5) is 0 Å². The average Bonchev–Trinajstić information content (AvgIpc) is 2.81. The van der Waals surface area contributed by atoms with Crippen LogP contribution < -0.4 is 39.4 Å². The van der Waals surface area contributed by atoms with Crippen LogP contribution in [0.25, 0.3) is 0 Å². The van der Waals surface area contributed by atoms with Crippen LogP contribution in [0.3, 0.4) is 0 Å². The van der Waals surface area contributed by atoms with Crippen molar-refractivity contribution in [3.63, 3.8) is 0 Å². The molecule has 3 rings (SSSR count). The summed E-state index contributed by atoms with van der Waals surface area (Å²) in [6.45, 7) is 3.41. The summed E-state index contributed by atoms with van der Waals surface area (Å²) in [7, 11) is 1.46. The summed E-state index contributed by atoms with van der Waals surface area (Å²) in [5, 5.41) is 22.1. The molecule has 1 N–H and O–H groups in total. The van der Waals surface area contributed by atoms with Gasteiger partial charge >= 0.3 is 35.6 Å². The number of aliphatic hydroxyl groups excluding tert-OH is 1. The summed E-state index contributed by atoms with van der Waals surface area (Å²) in [6.07, 6.45) is 0.734. The Morgan fingerprint density at radius 3 is 2.81 bits per heavy atom. The third kappa shape index (κ3) is 3.50. The summed E-state index contributed by atoms with van der Waals surface area (Å²) in [4.78, 5) is 33.2. The number of aliphatic carboxylic acids is 1. The number of fused-ring (bicyclic) bond motifs is 1. The van der Waals surface area contributed by atoms with Gasteiger partial charge < -0.3 is 24.6 Å². The first-order valence-electron chi connectivity index (χ1n) is 7.82. The van der Waals surface area contributed by atoms with Gasteiger partial charge in [-0.05, 0) is 18.6 Å². The molecular formula is C16H18N3NaO5S. The van der Waals surface area contributed by atoms with Gasteiger partial charge in [-0.25, -0.2) is 4.98 Å². The Morgan fingerprint density at radius 1 is 1.54 bits per heavy atom. The van der Waals surface area contributed by atoms with E-state index in [4.69, 9.17) is 4.74 Å². The molecule has 0 aliphatic carbocycles. The minimum Gasteiger partial charge on any atom is -0.543 e. The van der Waals surface area contributed by atoms with Crippen LogP contribution in [0.15, 0.2) is 28.6 Å². The largest absolute Gasteiger partial charge is 1.00 e. The van der Waals surface area contributed by atoms with Gasteiger partial charge in [-0.1, -0.05) is 6.92 Å². The van der Waals surface area contributed by atoms with Gasteiger partial charge in [-0.2, -0.15) is 4.98 Å². The second-order valence-electron chi connectivity index (χ2n) is 6.09. The van der Waals surface area contributed by atoms with Crippen LogP contribution in [-0.2, 0) is 9.59 Å². The van der Waals surface area contributed by atoms with E-state index in [1.54, 1.807) is 19.2 Å². The van der Waals surface area contributed by atoms with Crippen molar-refractivity contribution in [1.29, 1.82) is 0 Å². The maximum absolute atomic E-state index is 12.2. The number of ether oxygens (including phenoxy) is 1. The van der Waals surface area contributed by atoms with Gasteiger partial charge in [0, 0.05) is 17.9 Å². The van der Waals surface area contributed by atoms with Crippen molar-refractivity contribution in [2.75, 3.05) is 12.9 Å². The van der Waals surface area contributed by atoms with E-state index in [0.29, 0.717) is 16.4 Å². The van der Waals surface area contributed by atoms with Gasteiger partial charge in [0.05, 0.1) is 36.8 Å².